The first kappa shape index (κ1) is 18.5. The van der Waals surface area contributed by atoms with Crippen LogP contribution < -0.4 is 5.32 Å². The van der Waals surface area contributed by atoms with Crippen molar-refractivity contribution in [1.29, 1.82) is 0 Å². The average molecular weight is 289 g/mol. The van der Waals surface area contributed by atoms with Gasteiger partial charge in [-0.05, 0) is 26.7 Å². The number of esters is 1. The van der Waals surface area contributed by atoms with Gasteiger partial charge in [0.15, 0.2) is 18.0 Å². The summed E-state index contributed by atoms with van der Waals surface area (Å²) in [6, 6.07) is -0.787. The molecule has 0 saturated heterocycles. The van der Waals surface area contributed by atoms with Crippen LogP contribution in [0.4, 0.5) is 0 Å². The first-order valence-electron chi connectivity index (χ1n) is 6.45. The fourth-order valence-corrected chi connectivity index (χ4v) is 1.55. The molecule has 1 amide bonds. The van der Waals surface area contributed by atoms with Crippen LogP contribution in [0.2, 0.25) is 0 Å². The molecule has 7 heteroatoms. The first-order valence-corrected chi connectivity index (χ1v) is 6.45. The lowest BCUT2D eigenvalue weighted by Crippen LogP contribution is -2.52. The van der Waals surface area contributed by atoms with Crippen molar-refractivity contribution in [1.82, 2.24) is 5.32 Å². The van der Waals surface area contributed by atoms with Gasteiger partial charge in [0, 0.05) is 0 Å². The second kappa shape index (κ2) is 7.96. The van der Waals surface area contributed by atoms with Crippen LogP contribution in [0.1, 0.15) is 34.6 Å². The standard InChI is InChI=1S/C13H23NO6/c1-6(2)9(8(5)15)14-12(18)10(16)11(17)13(19)20-7(3)4/h6-7,9-11,16-17H,1-5H3,(H,14,18). The number of ether oxygens (including phenoxy) is 1. The number of ketones is 1. The van der Waals surface area contributed by atoms with Crippen molar-refractivity contribution in [2.24, 2.45) is 5.92 Å². The highest BCUT2D eigenvalue weighted by Gasteiger charge is 2.34. The second-order valence-electron chi connectivity index (χ2n) is 5.22. The minimum atomic E-state index is -1.99. The molecule has 3 unspecified atom stereocenters. The molecule has 0 aromatic carbocycles. The third-order valence-electron chi connectivity index (χ3n) is 2.56. The summed E-state index contributed by atoms with van der Waals surface area (Å²) in [5, 5.41) is 21.4. The van der Waals surface area contributed by atoms with E-state index in [1.807, 2.05) is 0 Å². The van der Waals surface area contributed by atoms with Gasteiger partial charge < -0.3 is 20.3 Å². The molecule has 0 aromatic heterocycles. The molecular weight excluding hydrogens is 266 g/mol. The van der Waals surface area contributed by atoms with Crippen LogP contribution in [-0.4, -0.2) is 52.2 Å². The predicted octanol–water partition coefficient (Wildman–Crippen LogP) is -0.610. The monoisotopic (exact) mass is 289 g/mol. The molecule has 7 nitrogen and oxygen atoms in total. The number of rotatable bonds is 7. The number of Topliss-reactive ketones (excluding diaryl/α,β-unsaturated/α-hetero) is 1. The van der Waals surface area contributed by atoms with Crippen LogP contribution in [-0.2, 0) is 19.1 Å². The number of nitrogens with one attached hydrogen (secondary N) is 1. The van der Waals surface area contributed by atoms with Gasteiger partial charge in [0.1, 0.15) is 0 Å². The van der Waals surface area contributed by atoms with Gasteiger partial charge in [0.2, 0.25) is 0 Å². The number of hydrogen-bond acceptors (Lipinski definition) is 6. The maximum atomic E-state index is 11.7. The molecule has 0 fully saturated rings. The van der Waals surface area contributed by atoms with E-state index in [2.05, 4.69) is 10.1 Å². The molecule has 20 heavy (non-hydrogen) atoms. The van der Waals surface area contributed by atoms with Crippen molar-refractivity contribution in [2.45, 2.75) is 59.0 Å². The van der Waals surface area contributed by atoms with Gasteiger partial charge in [-0.25, -0.2) is 4.79 Å². The number of carbonyl (C=O) groups excluding carboxylic acids is 3. The van der Waals surface area contributed by atoms with E-state index < -0.39 is 36.2 Å². The van der Waals surface area contributed by atoms with E-state index in [4.69, 9.17) is 0 Å². The summed E-state index contributed by atoms with van der Waals surface area (Å²) in [5.41, 5.74) is 0. The number of hydrogen-bond donors (Lipinski definition) is 3. The van der Waals surface area contributed by atoms with Gasteiger partial charge in [-0.15, -0.1) is 0 Å². The third-order valence-corrected chi connectivity index (χ3v) is 2.56. The molecule has 0 aromatic rings. The summed E-state index contributed by atoms with van der Waals surface area (Å²) in [7, 11) is 0. The maximum Gasteiger partial charge on any atom is 0.338 e. The van der Waals surface area contributed by atoms with E-state index >= 15 is 0 Å². The SMILES string of the molecule is CC(=O)C(NC(=O)C(O)C(O)C(=O)OC(C)C)C(C)C. The summed E-state index contributed by atoms with van der Waals surface area (Å²) in [6.45, 7) is 7.90. The van der Waals surface area contributed by atoms with Crippen LogP contribution >= 0.6 is 0 Å². The fourth-order valence-electron chi connectivity index (χ4n) is 1.55. The Morgan fingerprint density at radius 1 is 1.00 bits per heavy atom. The highest BCUT2D eigenvalue weighted by atomic mass is 16.6. The molecule has 0 aliphatic heterocycles. The Bertz CT molecular complexity index is 366. The van der Waals surface area contributed by atoms with Crippen molar-refractivity contribution in [3.8, 4) is 0 Å². The van der Waals surface area contributed by atoms with Crippen LogP contribution in [0.15, 0.2) is 0 Å². The summed E-state index contributed by atoms with van der Waals surface area (Å²) >= 11 is 0. The molecule has 3 N–H and O–H groups in total. The molecule has 0 spiro atoms. The fraction of sp³-hybridized carbons (Fsp3) is 0.769. The lowest BCUT2D eigenvalue weighted by Gasteiger charge is -2.23. The van der Waals surface area contributed by atoms with Gasteiger partial charge in [-0.1, -0.05) is 13.8 Å². The Balaban J connectivity index is 4.68. The Hall–Kier alpha value is -1.47. The smallest absolute Gasteiger partial charge is 0.338 e. The lowest BCUT2D eigenvalue weighted by molar-refractivity contribution is -0.167. The molecule has 0 saturated carbocycles. The molecule has 0 rings (SSSR count). The zero-order valence-corrected chi connectivity index (χ0v) is 12.4. The molecule has 0 heterocycles. The van der Waals surface area contributed by atoms with E-state index in [0.29, 0.717) is 0 Å². The van der Waals surface area contributed by atoms with Gasteiger partial charge >= 0.3 is 5.97 Å². The van der Waals surface area contributed by atoms with Crippen LogP contribution in [0.3, 0.4) is 0 Å². The number of carbonyl (C=O) groups is 3. The van der Waals surface area contributed by atoms with Crippen LogP contribution in [0.25, 0.3) is 0 Å². The largest absolute Gasteiger partial charge is 0.461 e. The normalized spacial score (nSPS) is 15.7. The second-order valence-corrected chi connectivity index (χ2v) is 5.22. The Morgan fingerprint density at radius 3 is 1.85 bits per heavy atom. The third kappa shape index (κ3) is 5.66. The van der Waals surface area contributed by atoms with E-state index in [9.17, 15) is 24.6 Å². The zero-order chi connectivity index (χ0) is 16.0. The van der Waals surface area contributed by atoms with Gasteiger partial charge in [-0.3, -0.25) is 9.59 Å². The van der Waals surface area contributed by atoms with E-state index in [1.165, 1.54) is 6.92 Å². The molecule has 3 atom stereocenters. The molecule has 0 aliphatic rings. The summed E-state index contributed by atoms with van der Waals surface area (Å²) < 4.78 is 4.69. The molecule has 0 radical (unpaired) electrons. The lowest BCUT2D eigenvalue weighted by atomic mass is 10.00. The van der Waals surface area contributed by atoms with Gasteiger partial charge in [0.25, 0.3) is 5.91 Å². The van der Waals surface area contributed by atoms with Crippen LogP contribution in [0, 0.1) is 5.92 Å². The van der Waals surface area contributed by atoms with E-state index in [1.54, 1.807) is 27.7 Å². The quantitative estimate of drug-likeness (QED) is 0.539. The number of aliphatic hydroxyl groups is 2. The molecule has 0 bridgehead atoms. The van der Waals surface area contributed by atoms with Crippen LogP contribution in [0.5, 0.6) is 0 Å². The van der Waals surface area contributed by atoms with E-state index in [-0.39, 0.29) is 11.7 Å². The van der Waals surface area contributed by atoms with Gasteiger partial charge in [0.05, 0.1) is 12.1 Å². The van der Waals surface area contributed by atoms with Crippen molar-refractivity contribution in [3.05, 3.63) is 0 Å². The molecular formula is C13H23NO6. The number of amides is 1. The highest BCUT2D eigenvalue weighted by Crippen LogP contribution is 2.05. The molecule has 116 valence electrons. The van der Waals surface area contributed by atoms with Crippen molar-refractivity contribution < 1.29 is 29.3 Å². The number of aliphatic hydroxyl groups excluding tert-OH is 2. The topological polar surface area (TPSA) is 113 Å². The Kier molecular flexibility index (Phi) is 7.38. The first-order chi connectivity index (χ1) is 9.07. The highest BCUT2D eigenvalue weighted by molar-refractivity contribution is 5.92. The summed E-state index contributed by atoms with van der Waals surface area (Å²) in [6.07, 6.45) is -4.45. The minimum Gasteiger partial charge on any atom is -0.461 e. The van der Waals surface area contributed by atoms with E-state index in [0.717, 1.165) is 0 Å². The summed E-state index contributed by atoms with van der Waals surface area (Å²) in [4.78, 5) is 34.4. The maximum absolute atomic E-state index is 11.7. The van der Waals surface area contributed by atoms with Gasteiger partial charge in [-0.2, -0.15) is 0 Å². The molecule has 0 aliphatic carbocycles. The predicted molar refractivity (Wildman–Crippen MR) is 70.7 cm³/mol. The zero-order valence-electron chi connectivity index (χ0n) is 12.4. The Morgan fingerprint density at radius 2 is 1.50 bits per heavy atom. The Labute approximate surface area is 118 Å². The minimum absolute atomic E-state index is 0.177. The van der Waals surface area contributed by atoms with Crippen molar-refractivity contribution in [2.75, 3.05) is 0 Å². The average Bonchev–Trinajstić information content (AvgIpc) is 2.31. The summed E-state index contributed by atoms with van der Waals surface area (Å²) in [5.74, 6) is -2.54. The van der Waals surface area contributed by atoms with Crippen molar-refractivity contribution >= 4 is 17.7 Å². The van der Waals surface area contributed by atoms with Crippen molar-refractivity contribution in [3.63, 3.8) is 0 Å².